The van der Waals surface area contributed by atoms with Crippen molar-refractivity contribution in [3.63, 3.8) is 0 Å². The Hall–Kier alpha value is -4.09. The minimum atomic E-state index is -0.735. The topological polar surface area (TPSA) is 144 Å². The number of allylic oxidation sites excluding steroid dienone is 1. The molecule has 37 heavy (non-hydrogen) atoms. The van der Waals surface area contributed by atoms with Gasteiger partial charge in [-0.2, -0.15) is 0 Å². The van der Waals surface area contributed by atoms with Crippen molar-refractivity contribution in [3.8, 4) is 11.6 Å². The fourth-order valence-electron chi connectivity index (χ4n) is 4.61. The number of carbonyl (C=O) groups is 2. The van der Waals surface area contributed by atoms with Gasteiger partial charge in [0.15, 0.2) is 5.82 Å². The van der Waals surface area contributed by atoms with Gasteiger partial charge in [-0.05, 0) is 31.8 Å². The van der Waals surface area contributed by atoms with Gasteiger partial charge in [-0.15, -0.1) is 0 Å². The second-order valence-electron chi connectivity index (χ2n) is 9.11. The molecule has 2 aromatic heterocycles. The Balaban J connectivity index is 1.39. The number of pyridine rings is 2. The number of hydrogen-bond donors (Lipinski definition) is 3. The molecule has 1 unspecified atom stereocenters. The number of piperidine rings is 1. The first-order valence-electron chi connectivity index (χ1n) is 11.7. The molecule has 1 aliphatic heterocycles. The summed E-state index contributed by atoms with van der Waals surface area (Å²) < 4.78 is 37.6. The highest BCUT2D eigenvalue weighted by Crippen LogP contribution is 2.50. The Kier molecular flexibility index (Phi) is 7.37. The number of nitrogens with one attached hydrogen (secondary N) is 2. The first-order chi connectivity index (χ1) is 17.7. The molecule has 1 atom stereocenters. The Morgan fingerprint density at radius 1 is 1.24 bits per heavy atom. The largest absolute Gasteiger partial charge is 0.495 e. The quantitative estimate of drug-likeness (QED) is 0.361. The summed E-state index contributed by atoms with van der Waals surface area (Å²) >= 11 is 0. The van der Waals surface area contributed by atoms with E-state index in [9.17, 15) is 18.4 Å². The summed E-state index contributed by atoms with van der Waals surface area (Å²) in [6, 6.07) is 2.46. The molecule has 2 aromatic rings. The Labute approximate surface area is 212 Å². The summed E-state index contributed by atoms with van der Waals surface area (Å²) in [5.41, 5.74) is 5.40. The van der Waals surface area contributed by atoms with Crippen LogP contribution in [0.25, 0.3) is 0 Å². The van der Waals surface area contributed by atoms with Crippen molar-refractivity contribution in [1.82, 2.24) is 20.2 Å². The second-order valence-corrected chi connectivity index (χ2v) is 9.11. The Bertz CT molecular complexity index is 1260. The molecule has 12 heteroatoms. The van der Waals surface area contributed by atoms with Crippen molar-refractivity contribution < 1.29 is 27.8 Å². The molecule has 0 radical (unpaired) electrons. The van der Waals surface area contributed by atoms with Crippen LogP contribution in [0.15, 0.2) is 36.3 Å². The van der Waals surface area contributed by atoms with Crippen LogP contribution >= 0.6 is 0 Å². The summed E-state index contributed by atoms with van der Waals surface area (Å²) in [5, 5.41) is 11.0. The van der Waals surface area contributed by atoms with Gasteiger partial charge in [-0.25, -0.2) is 13.8 Å². The molecule has 1 spiro atoms. The van der Waals surface area contributed by atoms with Crippen LogP contribution in [-0.2, 0) is 16.1 Å². The highest BCUT2D eigenvalue weighted by Gasteiger charge is 2.54. The van der Waals surface area contributed by atoms with Gasteiger partial charge in [0.05, 0.1) is 44.6 Å². The van der Waals surface area contributed by atoms with Crippen LogP contribution < -0.4 is 20.5 Å². The highest BCUT2D eigenvalue weighted by molar-refractivity contribution is 6.11. The Morgan fingerprint density at radius 2 is 2.00 bits per heavy atom. The molecule has 2 fully saturated rings. The number of ether oxygens (including phenoxy) is 2. The third kappa shape index (κ3) is 5.52. The predicted molar refractivity (Wildman–Crippen MR) is 129 cm³/mol. The number of nitrogens with two attached hydrogens (primary N) is 1. The van der Waals surface area contributed by atoms with E-state index in [0.29, 0.717) is 25.1 Å². The third-order valence-electron chi connectivity index (χ3n) is 6.77. The van der Waals surface area contributed by atoms with E-state index in [0.717, 1.165) is 31.3 Å². The van der Waals surface area contributed by atoms with Gasteiger partial charge in [0, 0.05) is 35.7 Å². The number of amides is 2. The van der Waals surface area contributed by atoms with E-state index in [1.54, 1.807) is 4.90 Å². The normalized spacial score (nSPS) is 18.3. The average Bonchev–Trinajstić information content (AvgIpc) is 3.66. The predicted octanol–water partition coefficient (Wildman–Crippen LogP) is 2.07. The molecular formula is C25H28F2N6O4. The first kappa shape index (κ1) is 26.0. The lowest BCUT2D eigenvalue weighted by atomic mass is 9.88. The molecule has 1 aliphatic carbocycles. The van der Waals surface area contributed by atoms with E-state index >= 15 is 0 Å². The smallest absolute Gasteiger partial charge is 0.270 e. The number of nitrogens with zero attached hydrogens (tertiary/aromatic N) is 3. The zero-order valence-electron chi connectivity index (χ0n) is 20.5. The van der Waals surface area contributed by atoms with Gasteiger partial charge in [-0.1, -0.05) is 0 Å². The summed E-state index contributed by atoms with van der Waals surface area (Å²) in [5.74, 6) is -1.85. The summed E-state index contributed by atoms with van der Waals surface area (Å²) in [4.78, 5) is 35.4. The van der Waals surface area contributed by atoms with E-state index in [4.69, 9.17) is 20.6 Å². The van der Waals surface area contributed by atoms with Gasteiger partial charge in [0.1, 0.15) is 17.3 Å². The molecule has 2 aliphatic rings. The van der Waals surface area contributed by atoms with E-state index in [-0.39, 0.29) is 47.0 Å². The van der Waals surface area contributed by atoms with Gasteiger partial charge in [-0.3, -0.25) is 14.6 Å². The lowest BCUT2D eigenvalue weighted by Gasteiger charge is -2.39. The van der Waals surface area contributed by atoms with Crippen molar-refractivity contribution in [3.05, 3.63) is 59.2 Å². The van der Waals surface area contributed by atoms with Gasteiger partial charge in [0.25, 0.3) is 5.91 Å². The number of rotatable bonds is 8. The maximum absolute atomic E-state index is 14.2. The number of carbonyl (C=O) groups excluding carboxylic acids is 2. The Morgan fingerprint density at radius 3 is 2.68 bits per heavy atom. The van der Waals surface area contributed by atoms with Crippen molar-refractivity contribution in [2.24, 2.45) is 11.7 Å². The average molecular weight is 515 g/mol. The maximum Gasteiger partial charge on any atom is 0.270 e. The van der Waals surface area contributed by atoms with Crippen LogP contribution in [0.4, 0.5) is 8.78 Å². The van der Waals surface area contributed by atoms with E-state index in [1.165, 1.54) is 26.4 Å². The highest BCUT2D eigenvalue weighted by atomic mass is 19.1. The molecular weight excluding hydrogens is 486 g/mol. The zero-order chi connectivity index (χ0) is 26.7. The van der Waals surface area contributed by atoms with Gasteiger partial charge in [0.2, 0.25) is 11.8 Å². The van der Waals surface area contributed by atoms with Gasteiger partial charge < -0.3 is 30.8 Å². The van der Waals surface area contributed by atoms with Crippen molar-refractivity contribution >= 4 is 17.5 Å². The number of hydrogen-bond acceptors (Lipinski definition) is 8. The van der Waals surface area contributed by atoms with Crippen LogP contribution in [0.5, 0.6) is 11.6 Å². The number of aromatic nitrogens is 2. The standard InChI is InChI=1S/C25H28F2N6O4/c1-36-21-7-15(26)11-30-20(21)13-32-23(34)14-3-6-33(25(10-14)4-5-25)24(35)19(29)9-18(28)16-8-22(37-2)31-12-17(16)27/h7-9,11-12,14,28H,3-6,10,13,29H2,1-2H3,(H,32,34). The molecule has 2 amide bonds. The molecule has 4 N–H and O–H groups in total. The summed E-state index contributed by atoms with van der Waals surface area (Å²) in [6.45, 7) is 0.400. The molecule has 3 heterocycles. The molecule has 0 bridgehead atoms. The van der Waals surface area contributed by atoms with E-state index in [1.807, 2.05) is 0 Å². The molecule has 1 saturated heterocycles. The van der Waals surface area contributed by atoms with Crippen LogP contribution in [0.2, 0.25) is 0 Å². The molecule has 10 nitrogen and oxygen atoms in total. The number of likely N-dealkylation sites (tertiary alicyclic amines) is 1. The van der Waals surface area contributed by atoms with Gasteiger partial charge >= 0.3 is 0 Å². The SMILES string of the molecule is COc1cc(C(=N)C=C(N)C(=O)N2CCC(C(=O)NCc3ncc(F)cc3OC)CC23CC3)c(F)cn1. The summed E-state index contributed by atoms with van der Waals surface area (Å²) in [6.07, 6.45) is 5.48. The minimum absolute atomic E-state index is 0.0859. The van der Waals surface area contributed by atoms with Crippen LogP contribution in [0, 0.1) is 23.0 Å². The molecule has 0 aromatic carbocycles. The third-order valence-corrected chi connectivity index (χ3v) is 6.77. The second kappa shape index (κ2) is 10.5. The van der Waals surface area contributed by atoms with Crippen molar-refractivity contribution in [2.45, 2.75) is 37.8 Å². The fraction of sp³-hybridized carbons (Fsp3) is 0.400. The first-order valence-corrected chi connectivity index (χ1v) is 11.7. The van der Waals surface area contributed by atoms with E-state index < -0.39 is 23.1 Å². The minimum Gasteiger partial charge on any atom is -0.495 e. The lowest BCUT2D eigenvalue weighted by Crippen LogP contribution is -2.51. The number of methoxy groups -OCH3 is 2. The van der Waals surface area contributed by atoms with Crippen molar-refractivity contribution in [1.29, 1.82) is 5.41 Å². The van der Waals surface area contributed by atoms with Crippen molar-refractivity contribution in [2.75, 3.05) is 20.8 Å². The maximum atomic E-state index is 14.2. The number of halogens is 2. The van der Waals surface area contributed by atoms with Crippen LogP contribution in [0.3, 0.4) is 0 Å². The monoisotopic (exact) mass is 514 g/mol. The van der Waals surface area contributed by atoms with Crippen LogP contribution in [0.1, 0.15) is 36.9 Å². The molecule has 196 valence electrons. The fourth-order valence-corrected chi connectivity index (χ4v) is 4.61. The van der Waals surface area contributed by atoms with Crippen LogP contribution in [-0.4, -0.2) is 58.7 Å². The molecule has 4 rings (SSSR count). The lowest BCUT2D eigenvalue weighted by molar-refractivity contribution is -0.137. The van der Waals surface area contributed by atoms with E-state index in [2.05, 4.69) is 15.3 Å². The zero-order valence-corrected chi connectivity index (χ0v) is 20.5. The molecule has 1 saturated carbocycles. The summed E-state index contributed by atoms with van der Waals surface area (Å²) in [7, 11) is 2.77.